The largest absolute Gasteiger partial charge is 0.399 e. The molecule has 1 fully saturated rings. The third kappa shape index (κ3) is 3.73. The van der Waals surface area contributed by atoms with Crippen molar-refractivity contribution in [2.24, 2.45) is 0 Å². The Morgan fingerprint density at radius 1 is 1.45 bits per heavy atom. The second-order valence-electron chi connectivity index (χ2n) is 5.75. The molecule has 1 aromatic carbocycles. The number of amides is 1. The molecule has 0 spiro atoms. The van der Waals surface area contributed by atoms with Crippen molar-refractivity contribution in [2.75, 3.05) is 32.9 Å². The van der Waals surface area contributed by atoms with Gasteiger partial charge in [-0.15, -0.1) is 0 Å². The second kappa shape index (κ2) is 6.75. The molecular weight excluding hydrogens is 250 g/mol. The number of para-hydroxylation sites is 1. The van der Waals surface area contributed by atoms with Crippen LogP contribution in [-0.4, -0.2) is 48.9 Å². The third-order valence-corrected chi connectivity index (χ3v) is 4.25. The van der Waals surface area contributed by atoms with Gasteiger partial charge in [-0.2, -0.15) is 0 Å². The molecule has 4 nitrogen and oxygen atoms in total. The van der Waals surface area contributed by atoms with Gasteiger partial charge in [0.2, 0.25) is 5.91 Å². The van der Waals surface area contributed by atoms with Crippen molar-refractivity contribution < 1.29 is 4.79 Å². The van der Waals surface area contributed by atoms with Crippen molar-refractivity contribution in [2.45, 2.75) is 31.7 Å². The number of aryl methyl sites for hydroxylation is 1. The minimum atomic E-state index is 0.202. The van der Waals surface area contributed by atoms with E-state index in [0.717, 1.165) is 30.8 Å². The summed E-state index contributed by atoms with van der Waals surface area (Å²) in [5, 5.41) is 0. The molecule has 0 radical (unpaired) electrons. The lowest BCUT2D eigenvalue weighted by atomic mass is 10.1. The number of nitrogens with two attached hydrogens (primary N) is 1. The molecule has 1 atom stereocenters. The van der Waals surface area contributed by atoms with Gasteiger partial charge in [-0.25, -0.2) is 0 Å². The van der Waals surface area contributed by atoms with Crippen LogP contribution in [0.4, 0.5) is 5.69 Å². The maximum Gasteiger partial charge on any atom is 0.222 e. The Morgan fingerprint density at radius 3 is 2.85 bits per heavy atom. The van der Waals surface area contributed by atoms with Crippen molar-refractivity contribution in [1.29, 1.82) is 0 Å². The molecule has 1 aliphatic heterocycles. The minimum Gasteiger partial charge on any atom is -0.399 e. The zero-order valence-corrected chi connectivity index (χ0v) is 12.5. The monoisotopic (exact) mass is 275 g/mol. The van der Waals surface area contributed by atoms with Gasteiger partial charge in [-0.3, -0.25) is 4.79 Å². The molecule has 1 aliphatic rings. The highest BCUT2D eigenvalue weighted by molar-refractivity contribution is 5.76. The van der Waals surface area contributed by atoms with E-state index in [9.17, 15) is 4.79 Å². The van der Waals surface area contributed by atoms with Crippen molar-refractivity contribution in [3.8, 4) is 0 Å². The summed E-state index contributed by atoms with van der Waals surface area (Å²) in [4.78, 5) is 16.4. The number of carbonyl (C=O) groups is 1. The van der Waals surface area contributed by atoms with E-state index in [2.05, 4.69) is 11.9 Å². The molecule has 1 aromatic rings. The van der Waals surface area contributed by atoms with Gasteiger partial charge >= 0.3 is 0 Å². The molecule has 1 saturated heterocycles. The molecule has 1 heterocycles. The first-order chi connectivity index (χ1) is 9.58. The molecule has 2 rings (SSSR count). The zero-order chi connectivity index (χ0) is 14.5. The normalized spacial score (nSPS) is 19.2. The third-order valence-electron chi connectivity index (χ3n) is 4.25. The predicted octanol–water partition coefficient (Wildman–Crippen LogP) is 1.75. The maximum absolute atomic E-state index is 12.2. The fraction of sp³-hybridized carbons (Fsp3) is 0.562. The first kappa shape index (κ1) is 14.9. The average molecular weight is 275 g/mol. The van der Waals surface area contributed by atoms with Crippen LogP contribution in [0.1, 0.15) is 24.8 Å². The molecule has 0 bridgehead atoms. The summed E-state index contributed by atoms with van der Waals surface area (Å²) in [6.07, 6.45) is 3.68. The number of nitrogen functional groups attached to an aromatic ring is 1. The van der Waals surface area contributed by atoms with E-state index in [4.69, 9.17) is 5.73 Å². The van der Waals surface area contributed by atoms with Gasteiger partial charge in [-0.05, 0) is 44.5 Å². The average Bonchev–Trinajstić information content (AvgIpc) is 2.83. The Kier molecular flexibility index (Phi) is 5.01. The highest BCUT2D eigenvalue weighted by Gasteiger charge is 2.23. The second-order valence-corrected chi connectivity index (χ2v) is 5.75. The van der Waals surface area contributed by atoms with Crippen molar-refractivity contribution in [3.05, 3.63) is 29.8 Å². The van der Waals surface area contributed by atoms with E-state index in [1.807, 2.05) is 36.2 Å². The number of hydrogen-bond donors (Lipinski definition) is 1. The molecule has 2 N–H and O–H groups in total. The van der Waals surface area contributed by atoms with Crippen LogP contribution in [0.15, 0.2) is 24.3 Å². The van der Waals surface area contributed by atoms with Crippen LogP contribution in [0.5, 0.6) is 0 Å². The standard InChI is InChI=1S/C16H25N3O/c1-18-11-5-7-14(18)12-19(2)16(20)10-9-13-6-3-4-8-15(13)17/h3-4,6,8,14H,5,7,9-12,17H2,1-2H3. The fourth-order valence-electron chi connectivity index (χ4n) is 2.82. The molecule has 1 unspecified atom stereocenters. The van der Waals surface area contributed by atoms with Crippen LogP contribution in [-0.2, 0) is 11.2 Å². The molecule has 0 aliphatic carbocycles. The Bertz CT molecular complexity index is 461. The van der Waals surface area contributed by atoms with Gasteiger partial charge in [-0.1, -0.05) is 18.2 Å². The van der Waals surface area contributed by atoms with Gasteiger partial charge in [0, 0.05) is 31.7 Å². The highest BCUT2D eigenvalue weighted by atomic mass is 16.2. The van der Waals surface area contributed by atoms with Crippen LogP contribution in [0, 0.1) is 0 Å². The summed E-state index contributed by atoms with van der Waals surface area (Å²) in [6, 6.07) is 8.28. The van der Waals surface area contributed by atoms with Gasteiger partial charge in [0.25, 0.3) is 0 Å². The molecular formula is C16H25N3O. The van der Waals surface area contributed by atoms with E-state index < -0.39 is 0 Å². The van der Waals surface area contributed by atoms with Crippen molar-refractivity contribution >= 4 is 11.6 Å². The van der Waals surface area contributed by atoms with Crippen LogP contribution in [0.2, 0.25) is 0 Å². The molecule has 1 amide bonds. The molecule has 110 valence electrons. The Hall–Kier alpha value is -1.55. The van der Waals surface area contributed by atoms with Crippen LogP contribution in [0.25, 0.3) is 0 Å². The summed E-state index contributed by atoms with van der Waals surface area (Å²) in [5.41, 5.74) is 7.74. The number of benzene rings is 1. The van der Waals surface area contributed by atoms with Crippen molar-refractivity contribution in [3.63, 3.8) is 0 Å². The molecule has 0 saturated carbocycles. The number of carbonyl (C=O) groups excluding carboxylic acids is 1. The first-order valence-electron chi connectivity index (χ1n) is 7.35. The molecule has 4 heteroatoms. The molecule has 20 heavy (non-hydrogen) atoms. The summed E-state index contributed by atoms with van der Waals surface area (Å²) in [5.74, 6) is 0.202. The van der Waals surface area contributed by atoms with E-state index in [0.29, 0.717) is 12.5 Å². The number of likely N-dealkylation sites (N-methyl/N-ethyl adjacent to an activating group) is 2. The van der Waals surface area contributed by atoms with E-state index >= 15 is 0 Å². The topological polar surface area (TPSA) is 49.6 Å². The maximum atomic E-state index is 12.2. The Labute approximate surface area is 121 Å². The van der Waals surface area contributed by atoms with Gasteiger partial charge < -0.3 is 15.5 Å². The number of likely N-dealkylation sites (tertiary alicyclic amines) is 1. The van der Waals surface area contributed by atoms with E-state index in [-0.39, 0.29) is 5.91 Å². The van der Waals surface area contributed by atoms with E-state index in [1.54, 1.807) is 0 Å². The summed E-state index contributed by atoms with van der Waals surface area (Å²) in [6.45, 7) is 1.98. The summed E-state index contributed by atoms with van der Waals surface area (Å²) in [7, 11) is 4.05. The first-order valence-corrected chi connectivity index (χ1v) is 7.35. The van der Waals surface area contributed by atoms with E-state index in [1.165, 1.54) is 12.8 Å². The lowest BCUT2D eigenvalue weighted by Gasteiger charge is -2.26. The summed E-state index contributed by atoms with van der Waals surface area (Å²) >= 11 is 0. The summed E-state index contributed by atoms with van der Waals surface area (Å²) < 4.78 is 0. The van der Waals surface area contributed by atoms with Crippen molar-refractivity contribution in [1.82, 2.24) is 9.80 Å². The SMILES string of the molecule is CN(CC1CCCN1C)C(=O)CCc1ccccc1N. The predicted molar refractivity (Wildman–Crippen MR) is 82.5 cm³/mol. The lowest BCUT2D eigenvalue weighted by molar-refractivity contribution is -0.130. The minimum absolute atomic E-state index is 0.202. The fourth-order valence-corrected chi connectivity index (χ4v) is 2.82. The lowest BCUT2D eigenvalue weighted by Crippen LogP contribution is -2.39. The number of anilines is 1. The van der Waals surface area contributed by atoms with Crippen LogP contribution in [0.3, 0.4) is 0 Å². The Balaban J connectivity index is 1.81. The van der Waals surface area contributed by atoms with Gasteiger partial charge in [0.05, 0.1) is 0 Å². The smallest absolute Gasteiger partial charge is 0.222 e. The highest BCUT2D eigenvalue weighted by Crippen LogP contribution is 2.17. The quantitative estimate of drug-likeness (QED) is 0.833. The van der Waals surface area contributed by atoms with Gasteiger partial charge in [0.15, 0.2) is 0 Å². The number of nitrogens with zero attached hydrogens (tertiary/aromatic N) is 2. The number of hydrogen-bond acceptors (Lipinski definition) is 3. The van der Waals surface area contributed by atoms with Gasteiger partial charge in [0.1, 0.15) is 0 Å². The van der Waals surface area contributed by atoms with Crippen LogP contribution < -0.4 is 5.73 Å². The number of rotatable bonds is 5. The molecule has 0 aromatic heterocycles. The zero-order valence-electron chi connectivity index (χ0n) is 12.5. The van der Waals surface area contributed by atoms with Crippen LogP contribution >= 0.6 is 0 Å². The Morgan fingerprint density at radius 2 is 2.20 bits per heavy atom.